The second-order valence-corrected chi connectivity index (χ2v) is 6.78. The first-order chi connectivity index (χ1) is 9.61. The third-order valence-electron chi connectivity index (χ3n) is 4.58. The molecule has 4 heteroatoms. The van der Waals surface area contributed by atoms with Gasteiger partial charge in [-0.3, -0.25) is 0 Å². The van der Waals surface area contributed by atoms with Crippen LogP contribution in [0.1, 0.15) is 45.0 Å². The van der Waals surface area contributed by atoms with E-state index in [9.17, 15) is 0 Å². The lowest BCUT2D eigenvalue weighted by Crippen LogP contribution is -2.25. The summed E-state index contributed by atoms with van der Waals surface area (Å²) in [5.41, 5.74) is 2.01. The largest absolute Gasteiger partial charge is 0.324 e. The molecule has 0 amide bonds. The van der Waals surface area contributed by atoms with E-state index in [1.807, 2.05) is 12.1 Å². The molecule has 2 aromatic rings. The van der Waals surface area contributed by atoms with Gasteiger partial charge in [-0.1, -0.05) is 31.5 Å². The van der Waals surface area contributed by atoms with Crippen LogP contribution in [0.25, 0.3) is 11.0 Å². The molecule has 3 atom stereocenters. The summed E-state index contributed by atoms with van der Waals surface area (Å²) in [7, 11) is 0. The van der Waals surface area contributed by atoms with Crippen molar-refractivity contribution in [1.82, 2.24) is 9.55 Å². The van der Waals surface area contributed by atoms with Gasteiger partial charge in [-0.15, -0.1) is 11.6 Å². The third-order valence-corrected chi connectivity index (χ3v) is 5.13. The number of hydrogen-bond acceptors (Lipinski definition) is 1. The van der Waals surface area contributed by atoms with Gasteiger partial charge in [0.1, 0.15) is 11.3 Å². The Morgan fingerprint density at radius 3 is 2.80 bits per heavy atom. The molecule has 3 unspecified atom stereocenters. The van der Waals surface area contributed by atoms with E-state index < -0.39 is 0 Å². The van der Waals surface area contributed by atoms with Crippen molar-refractivity contribution in [1.29, 1.82) is 0 Å². The van der Waals surface area contributed by atoms with E-state index in [0.717, 1.165) is 22.8 Å². The molecule has 1 aliphatic rings. The Balaban J connectivity index is 2.12. The average Bonchev–Trinajstić information content (AvgIpc) is 2.79. The van der Waals surface area contributed by atoms with Gasteiger partial charge in [-0.25, -0.2) is 4.98 Å². The maximum atomic E-state index is 6.28. The minimum absolute atomic E-state index is 0.434. The normalized spacial score (nSPS) is 27.1. The van der Waals surface area contributed by atoms with Crippen molar-refractivity contribution < 1.29 is 0 Å². The molecule has 0 aliphatic heterocycles. The number of aromatic nitrogens is 2. The number of imidazole rings is 1. The van der Waals surface area contributed by atoms with E-state index in [-0.39, 0.29) is 0 Å². The smallest absolute Gasteiger partial charge is 0.125 e. The molecule has 0 spiro atoms. The maximum Gasteiger partial charge on any atom is 0.125 e. The summed E-state index contributed by atoms with van der Waals surface area (Å²) in [6.07, 6.45) is 3.74. The summed E-state index contributed by atoms with van der Waals surface area (Å²) in [4.78, 5) is 4.66. The second kappa shape index (κ2) is 5.57. The number of rotatable bonds is 2. The fraction of sp³-hybridized carbons (Fsp3) is 0.562. The zero-order valence-electron chi connectivity index (χ0n) is 11.9. The number of nitrogens with zero attached hydrogens (tertiary/aromatic N) is 2. The van der Waals surface area contributed by atoms with E-state index in [2.05, 4.69) is 29.5 Å². The molecule has 1 aromatic heterocycles. The minimum atomic E-state index is 0.434. The second-order valence-electron chi connectivity index (χ2n) is 6.10. The van der Waals surface area contributed by atoms with E-state index in [4.69, 9.17) is 23.2 Å². The molecule has 1 fully saturated rings. The highest BCUT2D eigenvalue weighted by atomic mass is 35.5. The molecule has 20 heavy (non-hydrogen) atoms. The van der Waals surface area contributed by atoms with E-state index in [1.54, 1.807) is 0 Å². The molecular weight excluding hydrogens is 291 g/mol. The molecule has 3 rings (SSSR count). The van der Waals surface area contributed by atoms with Gasteiger partial charge in [-0.05, 0) is 43.2 Å². The molecule has 2 nitrogen and oxygen atoms in total. The van der Waals surface area contributed by atoms with Crippen LogP contribution in [0.5, 0.6) is 0 Å². The first-order valence-corrected chi connectivity index (χ1v) is 8.24. The summed E-state index contributed by atoms with van der Waals surface area (Å²) in [6.45, 7) is 4.69. The highest BCUT2D eigenvalue weighted by Crippen LogP contribution is 2.40. The Hall–Kier alpha value is -0.730. The van der Waals surface area contributed by atoms with E-state index >= 15 is 0 Å². The van der Waals surface area contributed by atoms with Crippen LogP contribution in [0, 0.1) is 11.8 Å². The van der Waals surface area contributed by atoms with Gasteiger partial charge < -0.3 is 4.57 Å². The van der Waals surface area contributed by atoms with Crippen molar-refractivity contribution in [2.24, 2.45) is 11.8 Å². The minimum Gasteiger partial charge on any atom is -0.324 e. The van der Waals surface area contributed by atoms with Gasteiger partial charge >= 0.3 is 0 Å². The number of halogens is 2. The molecule has 1 aromatic carbocycles. The number of alkyl halides is 1. The van der Waals surface area contributed by atoms with Gasteiger partial charge in [0, 0.05) is 6.04 Å². The van der Waals surface area contributed by atoms with Crippen molar-refractivity contribution in [3.05, 3.63) is 29.0 Å². The average molecular weight is 311 g/mol. The predicted octanol–water partition coefficient (Wildman–Crippen LogP) is 5.43. The molecular formula is C16H20Cl2N2. The first-order valence-electron chi connectivity index (χ1n) is 7.33. The Labute approximate surface area is 130 Å². The molecule has 0 saturated heterocycles. The van der Waals surface area contributed by atoms with Crippen LogP contribution >= 0.6 is 23.2 Å². The topological polar surface area (TPSA) is 17.8 Å². The van der Waals surface area contributed by atoms with E-state index in [1.165, 1.54) is 19.3 Å². The lowest BCUT2D eigenvalue weighted by Gasteiger charge is -2.34. The summed E-state index contributed by atoms with van der Waals surface area (Å²) in [5, 5.41) is 0.712. The Bertz CT molecular complexity index is 620. The lowest BCUT2D eigenvalue weighted by atomic mass is 9.79. The molecule has 1 saturated carbocycles. The van der Waals surface area contributed by atoms with Crippen LogP contribution in [0.2, 0.25) is 5.02 Å². The summed E-state index contributed by atoms with van der Waals surface area (Å²) < 4.78 is 2.34. The lowest BCUT2D eigenvalue weighted by molar-refractivity contribution is 0.209. The number of para-hydroxylation sites is 1. The van der Waals surface area contributed by atoms with Crippen LogP contribution < -0.4 is 0 Å². The van der Waals surface area contributed by atoms with Crippen LogP contribution in [0.15, 0.2) is 18.2 Å². The number of fused-ring (bicyclic) bond motifs is 1. The highest BCUT2D eigenvalue weighted by Gasteiger charge is 2.29. The molecule has 0 N–H and O–H groups in total. The van der Waals surface area contributed by atoms with Crippen molar-refractivity contribution >= 4 is 34.2 Å². The molecule has 1 aliphatic carbocycles. The van der Waals surface area contributed by atoms with Gasteiger partial charge in [0.25, 0.3) is 0 Å². The summed E-state index contributed by atoms with van der Waals surface area (Å²) >= 11 is 12.4. The molecule has 108 valence electrons. The molecule has 0 radical (unpaired) electrons. The van der Waals surface area contributed by atoms with Crippen LogP contribution in [0.4, 0.5) is 0 Å². The van der Waals surface area contributed by atoms with Crippen molar-refractivity contribution in [3.63, 3.8) is 0 Å². The van der Waals surface area contributed by atoms with Crippen molar-refractivity contribution in [3.8, 4) is 0 Å². The van der Waals surface area contributed by atoms with Gasteiger partial charge in [0.15, 0.2) is 0 Å². The monoisotopic (exact) mass is 310 g/mol. The fourth-order valence-electron chi connectivity index (χ4n) is 3.63. The standard InChI is InChI=1S/C16H20Cl2N2/c1-10-6-7-13(11(2)8-10)20-14-5-3-4-12(18)16(14)19-15(20)9-17/h3-5,10-11,13H,6-9H2,1-2H3. The molecule has 1 heterocycles. The number of benzene rings is 1. The third kappa shape index (κ3) is 2.33. The van der Waals surface area contributed by atoms with Gasteiger partial charge in [-0.2, -0.15) is 0 Å². The quantitative estimate of drug-likeness (QED) is 0.677. The van der Waals surface area contributed by atoms with Gasteiger partial charge in [0.05, 0.1) is 16.4 Å². The highest BCUT2D eigenvalue weighted by molar-refractivity contribution is 6.35. The molecule has 0 bridgehead atoms. The zero-order valence-corrected chi connectivity index (χ0v) is 13.5. The summed E-state index contributed by atoms with van der Waals surface area (Å²) in [6, 6.07) is 6.49. The maximum absolute atomic E-state index is 6.28. The Morgan fingerprint density at radius 2 is 2.10 bits per heavy atom. The van der Waals surface area contributed by atoms with Crippen LogP contribution in [0.3, 0.4) is 0 Å². The van der Waals surface area contributed by atoms with Crippen molar-refractivity contribution in [2.75, 3.05) is 0 Å². The predicted molar refractivity (Wildman–Crippen MR) is 85.5 cm³/mol. The zero-order chi connectivity index (χ0) is 14.3. The van der Waals surface area contributed by atoms with Crippen LogP contribution in [-0.4, -0.2) is 9.55 Å². The SMILES string of the molecule is CC1CCC(n2c(CCl)nc3c(Cl)cccc32)C(C)C1. The van der Waals surface area contributed by atoms with Gasteiger partial charge in [0.2, 0.25) is 0 Å². The van der Waals surface area contributed by atoms with Crippen molar-refractivity contribution in [2.45, 2.75) is 45.0 Å². The Kier molecular flexibility index (Phi) is 3.96. The van der Waals surface area contributed by atoms with E-state index in [0.29, 0.717) is 22.9 Å². The fourth-order valence-corrected chi connectivity index (χ4v) is 4.03. The summed E-state index contributed by atoms with van der Waals surface area (Å²) in [5.74, 6) is 2.85. The number of hydrogen-bond donors (Lipinski definition) is 0. The first kappa shape index (κ1) is 14.2. The Morgan fingerprint density at radius 1 is 1.30 bits per heavy atom. The van der Waals surface area contributed by atoms with Crippen LogP contribution in [-0.2, 0) is 5.88 Å².